The van der Waals surface area contributed by atoms with Gasteiger partial charge >= 0.3 is 0 Å². The Bertz CT molecular complexity index is 1470. The summed E-state index contributed by atoms with van der Waals surface area (Å²) in [5.74, 6) is 5.14. The topological polar surface area (TPSA) is 122 Å². The van der Waals surface area contributed by atoms with Crippen LogP contribution in [0.1, 0.15) is 45.6 Å². The molecule has 0 fully saturated rings. The highest BCUT2D eigenvalue weighted by Gasteiger charge is 2.25. The predicted molar refractivity (Wildman–Crippen MR) is 135 cm³/mol. The molecule has 0 saturated heterocycles. The van der Waals surface area contributed by atoms with Gasteiger partial charge in [0.2, 0.25) is 0 Å². The second kappa shape index (κ2) is 8.38. The Labute approximate surface area is 198 Å². The number of fused-ring (bicyclic) bond motifs is 2. The van der Waals surface area contributed by atoms with Crippen molar-refractivity contribution in [3.8, 4) is 10.4 Å². The van der Waals surface area contributed by atoms with Gasteiger partial charge in [-0.05, 0) is 50.5 Å². The van der Waals surface area contributed by atoms with Crippen molar-refractivity contribution >= 4 is 62.7 Å². The van der Waals surface area contributed by atoms with Crippen molar-refractivity contribution in [2.45, 2.75) is 26.7 Å². The van der Waals surface area contributed by atoms with Gasteiger partial charge < -0.3 is 15.7 Å². The predicted octanol–water partition coefficient (Wildman–Crippen LogP) is 4.85. The summed E-state index contributed by atoms with van der Waals surface area (Å²) in [6, 6.07) is 6.01. The van der Waals surface area contributed by atoms with Crippen LogP contribution in [0.15, 0.2) is 40.1 Å². The smallest absolute Gasteiger partial charge is 0.261 e. The lowest BCUT2D eigenvalue weighted by Crippen LogP contribution is -2.19. The van der Waals surface area contributed by atoms with Crippen LogP contribution in [0.2, 0.25) is 0 Å². The lowest BCUT2D eigenvalue weighted by atomic mass is 10.0. The number of anilines is 1. The number of carbonyl (C=O) groups is 1. The van der Waals surface area contributed by atoms with E-state index in [4.69, 9.17) is 22.6 Å². The number of thiocarbonyl (C=S) groups is 1. The Morgan fingerprint density at radius 1 is 1.36 bits per heavy atom. The number of rotatable bonds is 5. The fourth-order valence-corrected chi connectivity index (χ4v) is 5.25. The van der Waals surface area contributed by atoms with E-state index in [0.717, 1.165) is 34.2 Å². The fraction of sp³-hybridized carbons (Fsp3) is 0.174. The maximum Gasteiger partial charge on any atom is 0.261 e. The van der Waals surface area contributed by atoms with Gasteiger partial charge in [0.05, 0.1) is 23.1 Å². The molecule has 1 aromatic carbocycles. The monoisotopic (exact) mass is 476 g/mol. The van der Waals surface area contributed by atoms with Crippen LogP contribution < -0.4 is 11.2 Å². The minimum atomic E-state index is -0.377. The van der Waals surface area contributed by atoms with Gasteiger partial charge in [-0.1, -0.05) is 29.5 Å². The summed E-state index contributed by atoms with van der Waals surface area (Å²) >= 11 is 7.13. The van der Waals surface area contributed by atoms with Crippen LogP contribution in [0, 0.1) is 6.92 Å². The number of amides is 1. The summed E-state index contributed by atoms with van der Waals surface area (Å²) in [6.07, 6.45) is 8.20. The van der Waals surface area contributed by atoms with Gasteiger partial charge in [0.1, 0.15) is 10.4 Å². The lowest BCUT2D eigenvalue weighted by molar-refractivity contribution is 0.102. The summed E-state index contributed by atoms with van der Waals surface area (Å²) in [5.41, 5.74) is 4.86. The van der Waals surface area contributed by atoms with Crippen LogP contribution in [-0.4, -0.2) is 31.8 Å². The second-order valence-electron chi connectivity index (χ2n) is 7.76. The second-order valence-corrected chi connectivity index (χ2v) is 9.30. The van der Waals surface area contributed by atoms with E-state index in [9.17, 15) is 4.79 Å². The molecular formula is C23H20N6O2S2. The molecule has 1 aliphatic rings. The first kappa shape index (κ1) is 21.2. The summed E-state index contributed by atoms with van der Waals surface area (Å²) in [5, 5.41) is 18.7. The number of benzene rings is 1. The van der Waals surface area contributed by atoms with Crippen LogP contribution in [0.3, 0.4) is 0 Å². The van der Waals surface area contributed by atoms with E-state index >= 15 is 0 Å². The van der Waals surface area contributed by atoms with E-state index in [-0.39, 0.29) is 22.1 Å². The number of carbonyl (C=O) groups excluding carboxylic acids is 1. The number of hydrogen-bond acceptors (Lipinski definition) is 8. The first-order valence-electron chi connectivity index (χ1n) is 10.3. The number of hydrazone groups is 1. The number of H-pyrrole nitrogens is 1. The Morgan fingerprint density at radius 3 is 3.00 bits per heavy atom. The van der Waals surface area contributed by atoms with Gasteiger partial charge in [0, 0.05) is 26.4 Å². The standard InChI is InChI=1S/C23H20N6O2S2/c1-11-19(21(31-29-11)22(32)12(2)27-24)23(30)26-15-7-14-10-25-28-20(14)16(9-15)18-8-13-5-3-4-6-17(13)33-18/h3,5,7-10H,4,6,24H2,1-2H3,(H,25,28)(H,26,30). The molecule has 1 aliphatic carbocycles. The van der Waals surface area contributed by atoms with Gasteiger partial charge in [-0.3, -0.25) is 9.89 Å². The quantitative estimate of drug-likeness (QED) is 0.124. The summed E-state index contributed by atoms with van der Waals surface area (Å²) in [7, 11) is 0. The van der Waals surface area contributed by atoms with E-state index in [1.807, 2.05) is 12.1 Å². The van der Waals surface area contributed by atoms with Crippen molar-refractivity contribution in [1.29, 1.82) is 0 Å². The summed E-state index contributed by atoms with van der Waals surface area (Å²) in [4.78, 5) is 16.0. The average molecular weight is 477 g/mol. The fourth-order valence-electron chi connectivity index (χ4n) is 3.87. The summed E-state index contributed by atoms with van der Waals surface area (Å²) < 4.78 is 5.33. The third-order valence-corrected chi connectivity index (χ3v) is 7.29. The first-order chi connectivity index (χ1) is 16.0. The van der Waals surface area contributed by atoms with E-state index in [1.54, 1.807) is 31.4 Å². The number of nitrogens with one attached hydrogen (secondary N) is 2. The highest BCUT2D eigenvalue weighted by atomic mass is 32.1. The number of aryl methyl sites for hydroxylation is 2. The third kappa shape index (κ3) is 3.77. The van der Waals surface area contributed by atoms with E-state index < -0.39 is 0 Å². The number of aromatic amines is 1. The molecule has 3 aromatic heterocycles. The van der Waals surface area contributed by atoms with Gasteiger partial charge in [0.25, 0.3) is 5.91 Å². The molecule has 4 aromatic rings. The molecule has 8 nitrogen and oxygen atoms in total. The molecule has 4 N–H and O–H groups in total. The maximum absolute atomic E-state index is 13.2. The van der Waals surface area contributed by atoms with Gasteiger partial charge in [0.15, 0.2) is 5.76 Å². The van der Waals surface area contributed by atoms with Gasteiger partial charge in [-0.2, -0.15) is 10.2 Å². The van der Waals surface area contributed by atoms with Crippen molar-refractivity contribution in [3.63, 3.8) is 0 Å². The molecule has 1 amide bonds. The van der Waals surface area contributed by atoms with Crippen LogP contribution in [-0.2, 0) is 6.42 Å². The van der Waals surface area contributed by atoms with Gasteiger partial charge in [-0.15, -0.1) is 11.3 Å². The molecule has 10 heteroatoms. The highest BCUT2D eigenvalue weighted by Crippen LogP contribution is 2.39. The molecule has 0 unspecified atom stereocenters. The number of nitrogens with two attached hydrogens (primary N) is 1. The molecule has 0 radical (unpaired) electrons. The molecular weight excluding hydrogens is 456 g/mol. The highest BCUT2D eigenvalue weighted by molar-refractivity contribution is 7.82. The molecule has 0 atom stereocenters. The largest absolute Gasteiger partial charge is 0.354 e. The number of thiophene rings is 1. The molecule has 33 heavy (non-hydrogen) atoms. The van der Waals surface area contributed by atoms with E-state index in [2.05, 4.69) is 44.0 Å². The zero-order valence-electron chi connectivity index (χ0n) is 17.9. The van der Waals surface area contributed by atoms with E-state index in [1.165, 1.54) is 10.4 Å². The molecule has 0 bridgehead atoms. The molecule has 166 valence electrons. The minimum absolute atomic E-state index is 0.175. The Balaban J connectivity index is 1.53. The zero-order chi connectivity index (χ0) is 23.1. The number of allylic oxidation sites excluding steroid dienone is 1. The Morgan fingerprint density at radius 2 is 2.21 bits per heavy atom. The van der Waals surface area contributed by atoms with E-state index in [0.29, 0.717) is 17.1 Å². The Hall–Kier alpha value is -3.63. The molecule has 0 spiro atoms. The Kier molecular flexibility index (Phi) is 5.39. The van der Waals surface area contributed by atoms with Crippen LogP contribution in [0.5, 0.6) is 0 Å². The first-order valence-corrected chi connectivity index (χ1v) is 11.5. The van der Waals surface area contributed by atoms with Gasteiger partial charge in [-0.25, -0.2) is 0 Å². The summed E-state index contributed by atoms with van der Waals surface area (Å²) in [6.45, 7) is 3.34. The van der Waals surface area contributed by atoms with Crippen LogP contribution in [0.25, 0.3) is 27.4 Å². The van der Waals surface area contributed by atoms with Crippen molar-refractivity contribution in [2.75, 3.05) is 5.32 Å². The van der Waals surface area contributed by atoms with Crippen LogP contribution >= 0.6 is 23.6 Å². The van der Waals surface area contributed by atoms with Crippen molar-refractivity contribution in [2.24, 2.45) is 10.9 Å². The van der Waals surface area contributed by atoms with Crippen molar-refractivity contribution in [3.05, 3.63) is 57.9 Å². The lowest BCUT2D eigenvalue weighted by Gasteiger charge is -2.09. The third-order valence-electron chi connectivity index (χ3n) is 5.57. The zero-order valence-corrected chi connectivity index (χ0v) is 19.6. The molecule has 3 heterocycles. The normalized spacial score (nSPS) is 13.3. The molecule has 0 aliphatic heterocycles. The van der Waals surface area contributed by atoms with Crippen molar-refractivity contribution < 1.29 is 9.32 Å². The van der Waals surface area contributed by atoms with Crippen LogP contribution in [0.4, 0.5) is 5.69 Å². The SMILES string of the molecule is CC(=NN)C(=S)c1onc(C)c1C(=O)Nc1cc(-c2cc3c(s2)CCC=C3)c2[nH]ncc2c1. The minimum Gasteiger partial charge on any atom is -0.354 e. The van der Waals surface area contributed by atoms with Crippen molar-refractivity contribution in [1.82, 2.24) is 15.4 Å². The average Bonchev–Trinajstić information content (AvgIpc) is 3.54. The number of aromatic nitrogens is 3. The number of hydrogen-bond donors (Lipinski definition) is 3. The molecule has 0 saturated carbocycles. The maximum atomic E-state index is 13.2. The molecule has 5 rings (SSSR count). The number of nitrogens with zero attached hydrogens (tertiary/aromatic N) is 3.